The molecule has 0 spiro atoms. The molecule has 0 saturated heterocycles. The van der Waals surface area contributed by atoms with Crippen LogP contribution >= 0.6 is 0 Å². The molecular formula is C39H54O6. The summed E-state index contributed by atoms with van der Waals surface area (Å²) in [5.41, 5.74) is 2.30. The molecule has 246 valence electrons. The third-order valence-corrected chi connectivity index (χ3v) is 9.54. The molecule has 2 N–H and O–H groups in total. The summed E-state index contributed by atoms with van der Waals surface area (Å²) >= 11 is 0. The van der Waals surface area contributed by atoms with Gasteiger partial charge in [0.1, 0.15) is 11.5 Å². The second-order valence-electron chi connectivity index (χ2n) is 17.3. The fourth-order valence-electron chi connectivity index (χ4n) is 6.82. The molecule has 4 rings (SSSR count). The largest absolute Gasteiger partial charge is 0.507 e. The molecule has 4 atom stereocenters. The molecular weight excluding hydrogens is 564 g/mol. The summed E-state index contributed by atoms with van der Waals surface area (Å²) < 4.78 is 11.9. The van der Waals surface area contributed by atoms with E-state index in [0.717, 1.165) is 6.42 Å². The van der Waals surface area contributed by atoms with Crippen LogP contribution in [-0.4, -0.2) is 35.4 Å². The number of phenols is 2. The van der Waals surface area contributed by atoms with Gasteiger partial charge >= 0.3 is 11.9 Å². The van der Waals surface area contributed by atoms with Crippen molar-refractivity contribution in [3.05, 3.63) is 69.8 Å². The number of aromatic hydroxyl groups is 2. The van der Waals surface area contributed by atoms with Gasteiger partial charge in [-0.05, 0) is 64.2 Å². The molecule has 2 aliphatic rings. The van der Waals surface area contributed by atoms with Crippen LogP contribution in [0.1, 0.15) is 132 Å². The maximum Gasteiger partial charge on any atom is 0.338 e. The quantitative estimate of drug-likeness (QED) is 0.248. The highest BCUT2D eigenvalue weighted by molar-refractivity contribution is 5.91. The zero-order valence-corrected chi connectivity index (χ0v) is 29.4. The molecule has 0 unspecified atom stereocenters. The summed E-state index contributed by atoms with van der Waals surface area (Å²) in [5, 5.41) is 22.1. The molecule has 0 amide bonds. The molecule has 0 aliphatic heterocycles. The van der Waals surface area contributed by atoms with Crippen molar-refractivity contribution in [1.82, 2.24) is 0 Å². The van der Waals surface area contributed by atoms with E-state index in [1.165, 1.54) is 0 Å². The van der Waals surface area contributed by atoms with Gasteiger partial charge in [-0.1, -0.05) is 95.2 Å². The Morgan fingerprint density at radius 2 is 0.844 bits per heavy atom. The Hall–Kier alpha value is -3.28. The third kappa shape index (κ3) is 7.26. The number of ether oxygens (including phenoxy) is 2. The minimum absolute atomic E-state index is 0.0353. The first-order chi connectivity index (χ1) is 20.5. The van der Waals surface area contributed by atoms with E-state index in [2.05, 4.69) is 12.2 Å². The molecule has 6 heteroatoms. The molecule has 2 aliphatic carbocycles. The van der Waals surface area contributed by atoms with E-state index in [4.69, 9.17) is 9.47 Å². The van der Waals surface area contributed by atoms with Gasteiger partial charge in [0.25, 0.3) is 0 Å². The maximum atomic E-state index is 13.5. The highest BCUT2D eigenvalue weighted by Crippen LogP contribution is 2.49. The Kier molecular flexibility index (Phi) is 9.09. The van der Waals surface area contributed by atoms with Gasteiger partial charge in [0.05, 0.1) is 24.3 Å². The fraction of sp³-hybridized carbons (Fsp3) is 0.590. The van der Waals surface area contributed by atoms with E-state index in [1.807, 2.05) is 83.1 Å². The Morgan fingerprint density at radius 3 is 1.09 bits per heavy atom. The number of phenolic OH excluding ortho intramolecular Hbond substituents is 2. The number of hydrogen-bond donors (Lipinski definition) is 2. The van der Waals surface area contributed by atoms with E-state index in [9.17, 15) is 19.8 Å². The zero-order chi connectivity index (χ0) is 33.9. The van der Waals surface area contributed by atoms with Gasteiger partial charge in [0, 0.05) is 34.1 Å². The lowest BCUT2D eigenvalue weighted by Crippen LogP contribution is -2.30. The lowest BCUT2D eigenvalue weighted by atomic mass is 9.78. The highest BCUT2D eigenvalue weighted by atomic mass is 16.5. The Bertz CT molecular complexity index is 1300. The molecule has 45 heavy (non-hydrogen) atoms. The molecule has 0 heterocycles. The number of allylic oxidation sites excluding steroid dienone is 2. The second kappa shape index (κ2) is 11.8. The summed E-state index contributed by atoms with van der Waals surface area (Å²) in [4.78, 5) is 26.9. The summed E-state index contributed by atoms with van der Waals surface area (Å²) in [6.07, 6.45) is 5.35. The lowest BCUT2D eigenvalue weighted by Gasteiger charge is -2.29. The van der Waals surface area contributed by atoms with Crippen LogP contribution < -0.4 is 0 Å². The molecule has 6 nitrogen and oxygen atoms in total. The number of carbonyl (C=O) groups is 2. The van der Waals surface area contributed by atoms with Crippen LogP contribution in [0.5, 0.6) is 11.5 Å². The van der Waals surface area contributed by atoms with E-state index >= 15 is 0 Å². The van der Waals surface area contributed by atoms with Crippen LogP contribution in [-0.2, 0) is 31.1 Å². The predicted octanol–water partition coefficient (Wildman–Crippen LogP) is 8.74. The molecule has 2 aromatic rings. The van der Waals surface area contributed by atoms with Crippen molar-refractivity contribution in [3.8, 4) is 11.5 Å². The topological polar surface area (TPSA) is 93.1 Å². The van der Waals surface area contributed by atoms with Crippen LogP contribution in [0.2, 0.25) is 0 Å². The van der Waals surface area contributed by atoms with Crippen LogP contribution in [0.25, 0.3) is 0 Å². The van der Waals surface area contributed by atoms with Gasteiger partial charge in [-0.25, -0.2) is 9.59 Å². The van der Waals surface area contributed by atoms with Crippen LogP contribution in [0.4, 0.5) is 0 Å². The number of rotatable bonds is 6. The smallest absolute Gasteiger partial charge is 0.338 e. The van der Waals surface area contributed by atoms with Crippen molar-refractivity contribution in [2.45, 2.75) is 111 Å². The van der Waals surface area contributed by atoms with Gasteiger partial charge in [-0.3, -0.25) is 0 Å². The number of fused-ring (bicyclic) bond motifs is 2. The minimum atomic E-state index is -0.415. The first-order valence-corrected chi connectivity index (χ1v) is 16.3. The third-order valence-electron chi connectivity index (χ3n) is 9.54. The summed E-state index contributed by atoms with van der Waals surface area (Å²) in [6, 6.07) is 7.01. The highest BCUT2D eigenvalue weighted by Gasteiger charge is 2.46. The van der Waals surface area contributed by atoms with E-state index < -0.39 is 11.9 Å². The summed E-state index contributed by atoms with van der Waals surface area (Å²) in [5.74, 6) is 0.213. The van der Waals surface area contributed by atoms with E-state index in [-0.39, 0.29) is 70.0 Å². The summed E-state index contributed by atoms with van der Waals surface area (Å²) in [6.45, 7) is 24.7. The average Bonchev–Trinajstić information content (AvgIpc) is 3.49. The average molecular weight is 619 g/mol. The Balaban J connectivity index is 1.52. The maximum absolute atomic E-state index is 13.5. The number of benzene rings is 2. The van der Waals surface area contributed by atoms with E-state index in [0.29, 0.717) is 33.4 Å². The van der Waals surface area contributed by atoms with E-state index in [1.54, 1.807) is 24.3 Å². The normalized spacial score (nSPS) is 21.7. The SMILES string of the molecule is CC(C)(C)c1cc(C(=O)OC[C@@H]2[C@H](COC(=O)c3cc(C(C)(C)C)c(O)c(C(C)(C)C)c3)[C@@H]3C=C[C@H]2C3)cc(C(C)(C)C)c1O. The molecule has 1 fully saturated rings. The number of esters is 2. The van der Waals surface area contributed by atoms with Gasteiger partial charge in [0.15, 0.2) is 0 Å². The molecule has 2 bridgehead atoms. The van der Waals surface area contributed by atoms with Crippen LogP contribution in [0.15, 0.2) is 36.4 Å². The molecule has 2 aromatic carbocycles. The fourth-order valence-corrected chi connectivity index (χ4v) is 6.82. The first kappa shape index (κ1) is 34.6. The molecule has 1 saturated carbocycles. The van der Waals surface area contributed by atoms with Crippen molar-refractivity contribution in [1.29, 1.82) is 0 Å². The number of hydrogen-bond acceptors (Lipinski definition) is 6. The van der Waals surface area contributed by atoms with Crippen molar-refractivity contribution in [2.75, 3.05) is 13.2 Å². The Labute approximate surface area is 270 Å². The standard InChI is InChI=1S/C39H54O6/c1-36(2,3)28-16-24(17-29(32(28)40)37(4,5)6)34(42)44-20-26-22-13-14-23(15-22)27(26)21-45-35(43)25-18-30(38(7,8)9)33(41)31(19-25)39(10,11)12/h13-14,16-19,22-23,26-27,40-41H,15,20-21H2,1-12H3/t22-,23+,26-,27+. The van der Waals surface area contributed by atoms with Crippen molar-refractivity contribution in [2.24, 2.45) is 23.7 Å². The van der Waals surface area contributed by atoms with Crippen molar-refractivity contribution in [3.63, 3.8) is 0 Å². The first-order valence-electron chi connectivity index (χ1n) is 16.3. The number of carbonyl (C=O) groups excluding carboxylic acids is 2. The molecule has 0 aromatic heterocycles. The van der Waals surface area contributed by atoms with Crippen LogP contribution in [0.3, 0.4) is 0 Å². The minimum Gasteiger partial charge on any atom is -0.507 e. The zero-order valence-electron chi connectivity index (χ0n) is 29.4. The van der Waals surface area contributed by atoms with Gasteiger partial charge in [0.2, 0.25) is 0 Å². The lowest BCUT2D eigenvalue weighted by molar-refractivity contribution is 0.0203. The monoisotopic (exact) mass is 618 g/mol. The van der Waals surface area contributed by atoms with Crippen molar-refractivity contribution >= 4 is 11.9 Å². The van der Waals surface area contributed by atoms with Crippen molar-refractivity contribution < 1.29 is 29.3 Å². The predicted molar refractivity (Wildman–Crippen MR) is 179 cm³/mol. The van der Waals surface area contributed by atoms with Gasteiger partial charge in [-0.2, -0.15) is 0 Å². The second-order valence-corrected chi connectivity index (χ2v) is 17.3. The summed E-state index contributed by atoms with van der Waals surface area (Å²) in [7, 11) is 0. The molecule has 0 radical (unpaired) electrons. The van der Waals surface area contributed by atoms with Gasteiger partial charge < -0.3 is 19.7 Å². The van der Waals surface area contributed by atoms with Gasteiger partial charge in [-0.15, -0.1) is 0 Å². The van der Waals surface area contributed by atoms with Crippen LogP contribution in [0, 0.1) is 23.7 Å². The Morgan fingerprint density at radius 1 is 0.578 bits per heavy atom.